The number of benzene rings is 1. The predicted octanol–water partition coefficient (Wildman–Crippen LogP) is 3.75. The van der Waals surface area contributed by atoms with Gasteiger partial charge in [-0.3, -0.25) is 9.48 Å². The monoisotopic (exact) mass is 526 g/mol. The Balaban J connectivity index is 2.23. The van der Waals surface area contributed by atoms with Gasteiger partial charge in [0, 0.05) is 11.0 Å². The molecule has 0 aliphatic rings. The van der Waals surface area contributed by atoms with Crippen molar-refractivity contribution in [3.05, 3.63) is 21.4 Å². The molecule has 0 saturated heterocycles. The van der Waals surface area contributed by atoms with Crippen molar-refractivity contribution in [2.45, 2.75) is 31.2 Å². The summed E-state index contributed by atoms with van der Waals surface area (Å²) in [6.45, 7) is 2.02. The van der Waals surface area contributed by atoms with E-state index in [-0.39, 0.29) is 26.1 Å². The van der Waals surface area contributed by atoms with Gasteiger partial charge in [0.1, 0.15) is 10.6 Å². The Morgan fingerprint density at radius 2 is 2.07 bits per heavy atom. The van der Waals surface area contributed by atoms with Gasteiger partial charge in [0.05, 0.1) is 30.2 Å². The summed E-state index contributed by atoms with van der Waals surface area (Å²) in [5, 5.41) is 10.4. The summed E-state index contributed by atoms with van der Waals surface area (Å²) in [5.74, 6) is -2.53. The van der Waals surface area contributed by atoms with Gasteiger partial charge in [-0.05, 0) is 28.9 Å². The SMILES string of the molecule is CCn1nc(-c2nnc(C(F)F)s2)c2c(F)c(S(=O)(=O)CCC(=O)OC)cc(Br)c21. The van der Waals surface area contributed by atoms with E-state index in [0.29, 0.717) is 17.9 Å². The summed E-state index contributed by atoms with van der Waals surface area (Å²) < 4.78 is 72.7. The summed E-state index contributed by atoms with van der Waals surface area (Å²) in [6, 6.07) is 1.09. The fraction of sp³-hybridized carbons (Fsp3) is 0.375. The van der Waals surface area contributed by atoms with Gasteiger partial charge in [0.25, 0.3) is 6.43 Å². The summed E-state index contributed by atoms with van der Waals surface area (Å²) in [4.78, 5) is 10.7. The van der Waals surface area contributed by atoms with Crippen LogP contribution in [0.25, 0.3) is 21.6 Å². The zero-order valence-corrected chi connectivity index (χ0v) is 18.7. The number of methoxy groups -OCH3 is 1. The molecular weight excluding hydrogens is 513 g/mol. The van der Waals surface area contributed by atoms with E-state index in [0.717, 1.165) is 13.2 Å². The van der Waals surface area contributed by atoms with Crippen LogP contribution in [0.2, 0.25) is 0 Å². The minimum Gasteiger partial charge on any atom is -0.469 e. The van der Waals surface area contributed by atoms with Crippen LogP contribution in [0.15, 0.2) is 15.4 Å². The fourth-order valence-electron chi connectivity index (χ4n) is 2.74. The topological polar surface area (TPSA) is 104 Å². The molecule has 30 heavy (non-hydrogen) atoms. The van der Waals surface area contributed by atoms with Crippen molar-refractivity contribution in [3.8, 4) is 10.7 Å². The van der Waals surface area contributed by atoms with Crippen LogP contribution in [0, 0.1) is 5.82 Å². The highest BCUT2D eigenvalue weighted by Gasteiger charge is 2.29. The van der Waals surface area contributed by atoms with Crippen LogP contribution in [0.3, 0.4) is 0 Å². The Morgan fingerprint density at radius 1 is 1.37 bits per heavy atom. The van der Waals surface area contributed by atoms with E-state index in [9.17, 15) is 22.0 Å². The standard InChI is InChI=1S/C16H14BrF3N4O4S2/c1-3-24-13-7(17)6-8(30(26,27)5-4-9(25)28-2)11(18)10(13)12(23-24)15-21-22-16(29-15)14(19)20/h6,14H,3-5H2,1-2H3. The minimum absolute atomic E-state index is 0.0718. The molecule has 2 heterocycles. The molecule has 0 saturated carbocycles. The number of ether oxygens (including phenoxy) is 1. The van der Waals surface area contributed by atoms with Crippen molar-refractivity contribution in [1.82, 2.24) is 20.0 Å². The molecule has 1 aromatic carbocycles. The lowest BCUT2D eigenvalue weighted by Crippen LogP contribution is -2.14. The van der Waals surface area contributed by atoms with E-state index in [2.05, 4.69) is 36.0 Å². The van der Waals surface area contributed by atoms with E-state index in [1.54, 1.807) is 6.92 Å². The Morgan fingerprint density at radius 3 is 2.63 bits per heavy atom. The van der Waals surface area contributed by atoms with Gasteiger partial charge in [-0.15, -0.1) is 10.2 Å². The molecule has 0 amide bonds. The molecule has 0 fully saturated rings. The van der Waals surface area contributed by atoms with Crippen LogP contribution >= 0.6 is 27.3 Å². The third kappa shape index (κ3) is 4.07. The lowest BCUT2D eigenvalue weighted by atomic mass is 10.2. The fourth-order valence-corrected chi connectivity index (χ4v) is 5.54. The number of aryl methyl sites for hydroxylation is 1. The Labute approximate surface area is 181 Å². The molecule has 0 N–H and O–H groups in total. The number of carbonyl (C=O) groups is 1. The average molecular weight is 527 g/mol. The summed E-state index contributed by atoms with van der Waals surface area (Å²) in [7, 11) is -3.10. The largest absolute Gasteiger partial charge is 0.469 e. The van der Waals surface area contributed by atoms with E-state index in [1.165, 1.54) is 4.68 Å². The number of fused-ring (bicyclic) bond motifs is 1. The zero-order chi connectivity index (χ0) is 22.2. The molecule has 3 rings (SSSR count). The summed E-state index contributed by atoms with van der Waals surface area (Å²) in [5.41, 5.74) is 0.144. The van der Waals surface area contributed by atoms with Crippen LogP contribution in [0.1, 0.15) is 24.8 Å². The Hall–Kier alpha value is -2.06. The first-order valence-corrected chi connectivity index (χ1v) is 11.7. The van der Waals surface area contributed by atoms with Crippen molar-refractivity contribution in [3.63, 3.8) is 0 Å². The second-order valence-electron chi connectivity index (χ2n) is 5.95. The normalized spacial score (nSPS) is 12.1. The lowest BCUT2D eigenvalue weighted by molar-refractivity contribution is -0.140. The maximum absolute atomic E-state index is 15.5. The number of nitrogens with zero attached hydrogens (tertiary/aromatic N) is 4. The second kappa shape index (κ2) is 8.59. The molecule has 2 aromatic heterocycles. The van der Waals surface area contributed by atoms with Crippen LogP contribution in [0.4, 0.5) is 13.2 Å². The van der Waals surface area contributed by atoms with Crippen molar-refractivity contribution < 1.29 is 31.1 Å². The van der Waals surface area contributed by atoms with Gasteiger partial charge in [0.2, 0.25) is 0 Å². The molecule has 0 bridgehead atoms. The summed E-state index contributed by atoms with van der Waals surface area (Å²) >= 11 is 3.77. The molecule has 0 atom stereocenters. The molecule has 0 radical (unpaired) electrons. The number of aromatic nitrogens is 4. The number of hydrogen-bond acceptors (Lipinski definition) is 8. The third-order valence-electron chi connectivity index (χ3n) is 4.14. The predicted molar refractivity (Wildman–Crippen MR) is 106 cm³/mol. The van der Waals surface area contributed by atoms with Crippen molar-refractivity contribution in [2.24, 2.45) is 0 Å². The van der Waals surface area contributed by atoms with Gasteiger partial charge < -0.3 is 4.74 Å². The maximum atomic E-state index is 15.5. The highest BCUT2D eigenvalue weighted by Crippen LogP contribution is 2.39. The first kappa shape index (κ1) is 22.6. The van der Waals surface area contributed by atoms with E-state index < -0.39 is 50.1 Å². The smallest absolute Gasteiger partial charge is 0.306 e. The molecule has 0 aliphatic carbocycles. The number of sulfone groups is 1. The number of rotatable bonds is 7. The summed E-state index contributed by atoms with van der Waals surface area (Å²) in [6.07, 6.45) is -3.31. The highest BCUT2D eigenvalue weighted by molar-refractivity contribution is 9.10. The number of alkyl halides is 2. The van der Waals surface area contributed by atoms with Gasteiger partial charge >= 0.3 is 5.97 Å². The molecule has 3 aromatic rings. The van der Waals surface area contributed by atoms with Crippen molar-refractivity contribution in [1.29, 1.82) is 0 Å². The second-order valence-corrected chi connectivity index (χ2v) is 9.89. The number of hydrogen-bond donors (Lipinski definition) is 0. The van der Waals surface area contributed by atoms with Gasteiger partial charge in [-0.25, -0.2) is 21.6 Å². The van der Waals surface area contributed by atoms with Crippen LogP contribution in [0.5, 0.6) is 0 Å². The van der Waals surface area contributed by atoms with Crippen LogP contribution in [-0.4, -0.2) is 47.2 Å². The average Bonchev–Trinajstić information content (AvgIpc) is 3.33. The van der Waals surface area contributed by atoms with Crippen molar-refractivity contribution in [2.75, 3.05) is 12.9 Å². The third-order valence-corrected chi connectivity index (χ3v) is 7.39. The molecule has 8 nitrogen and oxygen atoms in total. The first-order valence-electron chi connectivity index (χ1n) is 8.40. The van der Waals surface area contributed by atoms with Gasteiger partial charge in [0.15, 0.2) is 25.7 Å². The van der Waals surface area contributed by atoms with E-state index in [1.807, 2.05) is 0 Å². The lowest BCUT2D eigenvalue weighted by Gasteiger charge is -2.09. The Kier molecular flexibility index (Phi) is 6.48. The molecular formula is C16H14BrF3N4O4S2. The molecule has 0 unspecified atom stereocenters. The van der Waals surface area contributed by atoms with Crippen LogP contribution < -0.4 is 0 Å². The quantitative estimate of drug-likeness (QED) is 0.431. The first-order chi connectivity index (χ1) is 14.1. The molecule has 0 spiro atoms. The number of carbonyl (C=O) groups excluding carboxylic acids is 1. The number of halogens is 4. The van der Waals surface area contributed by atoms with Gasteiger partial charge in [-0.1, -0.05) is 11.3 Å². The van der Waals surface area contributed by atoms with E-state index >= 15 is 4.39 Å². The van der Waals surface area contributed by atoms with Crippen LogP contribution in [-0.2, 0) is 25.9 Å². The minimum atomic E-state index is -4.21. The maximum Gasteiger partial charge on any atom is 0.306 e. The van der Waals surface area contributed by atoms with Crippen molar-refractivity contribution >= 4 is 54.0 Å². The number of esters is 1. The van der Waals surface area contributed by atoms with Gasteiger partial charge in [-0.2, -0.15) is 5.10 Å². The highest BCUT2D eigenvalue weighted by atomic mass is 79.9. The Bertz CT molecular complexity index is 1230. The molecule has 0 aliphatic heterocycles. The zero-order valence-electron chi connectivity index (χ0n) is 15.5. The van der Waals surface area contributed by atoms with E-state index in [4.69, 9.17) is 0 Å². The molecule has 162 valence electrons. The molecule has 14 heteroatoms.